The molecule has 0 saturated carbocycles. The molecule has 7 heteroatoms. The Hall–Kier alpha value is -3.48. The van der Waals surface area contributed by atoms with E-state index in [1.807, 2.05) is 19.9 Å². The maximum Gasteiger partial charge on any atom is 0.337 e. The van der Waals surface area contributed by atoms with Gasteiger partial charge in [0.15, 0.2) is 0 Å². The van der Waals surface area contributed by atoms with E-state index in [4.69, 9.17) is 4.74 Å². The number of para-hydroxylation sites is 1. The van der Waals surface area contributed by atoms with Crippen LogP contribution >= 0.6 is 0 Å². The molecule has 0 fully saturated rings. The van der Waals surface area contributed by atoms with Gasteiger partial charge in [0.2, 0.25) is 5.91 Å². The molecule has 0 aliphatic rings. The summed E-state index contributed by atoms with van der Waals surface area (Å²) in [5.74, 6) is -0.883. The van der Waals surface area contributed by atoms with E-state index < -0.39 is 11.9 Å². The molecule has 0 bridgehead atoms. The predicted octanol–water partition coefficient (Wildman–Crippen LogP) is 2.44. The van der Waals surface area contributed by atoms with E-state index in [0.29, 0.717) is 22.2 Å². The highest BCUT2D eigenvalue weighted by Gasteiger charge is 2.12. The number of nitrogens with zero attached hydrogens (tertiary/aromatic N) is 2. The maximum absolute atomic E-state index is 12.6. The summed E-state index contributed by atoms with van der Waals surface area (Å²) in [4.78, 5) is 41.0. The number of anilines is 1. The molecule has 0 radical (unpaired) electrons. The second-order valence-electron chi connectivity index (χ2n) is 6.22. The number of carbonyl (C=O) groups is 2. The van der Waals surface area contributed by atoms with Crippen molar-refractivity contribution < 1.29 is 14.3 Å². The van der Waals surface area contributed by atoms with Crippen molar-refractivity contribution in [2.24, 2.45) is 0 Å². The Labute approximate surface area is 155 Å². The van der Waals surface area contributed by atoms with E-state index in [-0.39, 0.29) is 12.1 Å². The van der Waals surface area contributed by atoms with E-state index in [2.05, 4.69) is 10.3 Å². The summed E-state index contributed by atoms with van der Waals surface area (Å²) in [6, 6.07) is 10.2. The molecule has 138 valence electrons. The van der Waals surface area contributed by atoms with Crippen LogP contribution in [-0.2, 0) is 16.1 Å². The molecule has 1 aromatic heterocycles. The summed E-state index contributed by atoms with van der Waals surface area (Å²) in [5, 5.41) is 3.20. The number of rotatable bonds is 4. The van der Waals surface area contributed by atoms with Crippen molar-refractivity contribution >= 4 is 28.5 Å². The normalized spacial score (nSPS) is 10.6. The van der Waals surface area contributed by atoms with Crippen molar-refractivity contribution in [2.75, 3.05) is 12.4 Å². The quantitative estimate of drug-likeness (QED) is 0.717. The summed E-state index contributed by atoms with van der Waals surface area (Å²) >= 11 is 0. The highest BCUT2D eigenvalue weighted by molar-refractivity contribution is 5.95. The van der Waals surface area contributed by atoms with Crippen LogP contribution < -0.4 is 10.9 Å². The smallest absolute Gasteiger partial charge is 0.337 e. The highest BCUT2D eigenvalue weighted by atomic mass is 16.5. The molecule has 1 N–H and O–H groups in total. The lowest BCUT2D eigenvalue weighted by molar-refractivity contribution is -0.116. The molecule has 7 nitrogen and oxygen atoms in total. The number of aromatic nitrogens is 2. The number of nitrogens with one attached hydrogen (secondary N) is 1. The molecule has 3 aromatic rings. The van der Waals surface area contributed by atoms with Gasteiger partial charge >= 0.3 is 5.97 Å². The zero-order valence-corrected chi connectivity index (χ0v) is 15.3. The molecular weight excluding hydrogens is 346 g/mol. The SMILES string of the molecule is COC(=O)c1ccc(C)c(NC(=O)Cn2cnc3c(C)cccc3c2=O)c1. The topological polar surface area (TPSA) is 90.3 Å². The van der Waals surface area contributed by atoms with Crippen molar-refractivity contribution in [3.63, 3.8) is 0 Å². The maximum atomic E-state index is 12.6. The van der Waals surface area contributed by atoms with Gasteiger partial charge in [-0.3, -0.25) is 14.2 Å². The molecule has 3 rings (SSSR count). The van der Waals surface area contributed by atoms with Gasteiger partial charge in [-0.2, -0.15) is 0 Å². The number of fused-ring (bicyclic) bond motifs is 1. The van der Waals surface area contributed by atoms with Crippen molar-refractivity contribution in [1.82, 2.24) is 9.55 Å². The first-order valence-corrected chi connectivity index (χ1v) is 8.34. The number of aryl methyl sites for hydroxylation is 2. The molecular formula is C20H19N3O4. The van der Waals surface area contributed by atoms with Gasteiger partial charge in [0.05, 0.1) is 29.9 Å². The van der Waals surface area contributed by atoms with Crippen molar-refractivity contribution in [3.8, 4) is 0 Å². The molecule has 0 spiro atoms. The number of hydrogen-bond donors (Lipinski definition) is 1. The van der Waals surface area contributed by atoms with Crippen LogP contribution in [0.2, 0.25) is 0 Å². The Morgan fingerprint density at radius 2 is 1.93 bits per heavy atom. The first-order valence-electron chi connectivity index (χ1n) is 8.34. The fourth-order valence-electron chi connectivity index (χ4n) is 2.80. The van der Waals surface area contributed by atoms with Gasteiger partial charge in [-0.05, 0) is 43.2 Å². The van der Waals surface area contributed by atoms with Gasteiger partial charge in [0.25, 0.3) is 5.56 Å². The largest absolute Gasteiger partial charge is 0.465 e. The third-order valence-corrected chi connectivity index (χ3v) is 4.30. The molecule has 0 aliphatic carbocycles. The average molecular weight is 365 g/mol. The van der Waals surface area contributed by atoms with E-state index in [1.165, 1.54) is 18.0 Å². The lowest BCUT2D eigenvalue weighted by atomic mass is 10.1. The fraction of sp³-hybridized carbons (Fsp3) is 0.200. The number of methoxy groups -OCH3 is 1. The second-order valence-corrected chi connectivity index (χ2v) is 6.22. The van der Waals surface area contributed by atoms with Crippen LogP contribution in [0.3, 0.4) is 0 Å². The minimum Gasteiger partial charge on any atom is -0.465 e. The molecule has 27 heavy (non-hydrogen) atoms. The van der Waals surface area contributed by atoms with E-state index >= 15 is 0 Å². The Morgan fingerprint density at radius 1 is 1.15 bits per heavy atom. The summed E-state index contributed by atoms with van der Waals surface area (Å²) in [5.41, 5.74) is 2.85. The van der Waals surface area contributed by atoms with Crippen molar-refractivity contribution in [1.29, 1.82) is 0 Å². The number of benzene rings is 2. The van der Waals surface area contributed by atoms with Crippen LogP contribution in [0.25, 0.3) is 10.9 Å². The zero-order valence-electron chi connectivity index (χ0n) is 15.3. The summed E-state index contributed by atoms with van der Waals surface area (Å²) in [6.45, 7) is 3.50. The monoisotopic (exact) mass is 365 g/mol. The van der Waals surface area contributed by atoms with E-state index in [1.54, 1.807) is 30.3 Å². The molecule has 2 aromatic carbocycles. The Morgan fingerprint density at radius 3 is 2.67 bits per heavy atom. The van der Waals surface area contributed by atoms with Crippen LogP contribution in [0.4, 0.5) is 5.69 Å². The molecule has 0 saturated heterocycles. The van der Waals surface area contributed by atoms with Crippen molar-refractivity contribution in [3.05, 3.63) is 69.8 Å². The Kier molecular flexibility index (Phi) is 5.03. The Balaban J connectivity index is 1.85. The van der Waals surface area contributed by atoms with Crippen LogP contribution in [0, 0.1) is 13.8 Å². The third kappa shape index (κ3) is 3.72. The van der Waals surface area contributed by atoms with Crippen LogP contribution in [-0.4, -0.2) is 28.5 Å². The summed E-state index contributed by atoms with van der Waals surface area (Å²) in [7, 11) is 1.29. The van der Waals surface area contributed by atoms with Crippen LogP contribution in [0.5, 0.6) is 0 Å². The first kappa shape index (κ1) is 18.3. The number of carbonyl (C=O) groups excluding carboxylic acids is 2. The van der Waals surface area contributed by atoms with Gasteiger partial charge in [0.1, 0.15) is 6.54 Å². The number of amides is 1. The lowest BCUT2D eigenvalue weighted by Crippen LogP contribution is -2.28. The van der Waals surface area contributed by atoms with E-state index in [9.17, 15) is 14.4 Å². The van der Waals surface area contributed by atoms with Gasteiger partial charge in [-0.1, -0.05) is 18.2 Å². The lowest BCUT2D eigenvalue weighted by Gasteiger charge is -2.11. The van der Waals surface area contributed by atoms with Crippen molar-refractivity contribution in [2.45, 2.75) is 20.4 Å². The van der Waals surface area contributed by atoms with Gasteiger partial charge < -0.3 is 10.1 Å². The molecule has 0 aliphatic heterocycles. The minimum absolute atomic E-state index is 0.183. The average Bonchev–Trinajstić information content (AvgIpc) is 2.65. The molecule has 0 unspecified atom stereocenters. The first-order chi connectivity index (χ1) is 12.9. The van der Waals surface area contributed by atoms with Crippen LogP contribution in [0.1, 0.15) is 21.5 Å². The standard InChI is InChI=1S/C20H19N3O4/c1-12-7-8-14(20(26)27-3)9-16(12)22-17(24)10-23-11-21-18-13(2)5-4-6-15(18)19(23)25/h4-9,11H,10H2,1-3H3,(H,22,24). The summed E-state index contributed by atoms with van der Waals surface area (Å²) in [6.07, 6.45) is 1.37. The van der Waals surface area contributed by atoms with Gasteiger partial charge in [-0.15, -0.1) is 0 Å². The predicted molar refractivity (Wildman–Crippen MR) is 102 cm³/mol. The van der Waals surface area contributed by atoms with Crippen LogP contribution in [0.15, 0.2) is 47.5 Å². The number of hydrogen-bond acceptors (Lipinski definition) is 5. The van der Waals surface area contributed by atoms with E-state index in [0.717, 1.165) is 11.1 Å². The van der Waals surface area contributed by atoms with Gasteiger partial charge in [-0.25, -0.2) is 9.78 Å². The summed E-state index contributed by atoms with van der Waals surface area (Å²) < 4.78 is 5.95. The Bertz CT molecular complexity index is 1100. The highest BCUT2D eigenvalue weighted by Crippen LogP contribution is 2.18. The third-order valence-electron chi connectivity index (χ3n) is 4.30. The molecule has 0 atom stereocenters. The number of ether oxygens (including phenoxy) is 1. The molecule has 1 heterocycles. The zero-order chi connectivity index (χ0) is 19.6. The second kappa shape index (κ2) is 7.41. The minimum atomic E-state index is -0.490. The molecule has 1 amide bonds. The number of esters is 1. The van der Waals surface area contributed by atoms with Gasteiger partial charge in [0, 0.05) is 5.69 Å². The fourth-order valence-corrected chi connectivity index (χ4v) is 2.80.